The van der Waals surface area contributed by atoms with Gasteiger partial charge in [0, 0.05) is 33.0 Å². The fraction of sp³-hybridized carbons (Fsp3) is 0. The monoisotopic (exact) mass is 750 g/mol. The van der Waals surface area contributed by atoms with Gasteiger partial charge in [0.2, 0.25) is 0 Å². The molecule has 274 valence electrons. The molecule has 0 aliphatic carbocycles. The normalized spacial score (nSPS) is 11.7. The highest BCUT2D eigenvalue weighted by atomic mass is 15.0. The lowest BCUT2D eigenvalue weighted by molar-refractivity contribution is 1.07. The van der Waals surface area contributed by atoms with Gasteiger partial charge in [-0.2, -0.15) is 0 Å². The SMILES string of the molecule is c1ccc(-c2cc(-c3nc(-c4ccc5ccccc5c4)nc(-c4ccc5ccccc5c4)n3)ccc2-n2c3cc4ccccc4cc3c3cc4ccccc4cc32)cc1. The van der Waals surface area contributed by atoms with Crippen molar-refractivity contribution >= 4 is 64.9 Å². The number of hydrogen-bond acceptors (Lipinski definition) is 3. The van der Waals surface area contributed by atoms with Crippen LogP contribution in [0.15, 0.2) is 206 Å². The topological polar surface area (TPSA) is 43.6 Å². The van der Waals surface area contributed by atoms with Crippen molar-refractivity contribution in [3.05, 3.63) is 206 Å². The van der Waals surface area contributed by atoms with Crippen LogP contribution in [-0.2, 0) is 0 Å². The van der Waals surface area contributed by atoms with Gasteiger partial charge in [0.15, 0.2) is 17.5 Å². The van der Waals surface area contributed by atoms with Gasteiger partial charge in [0.25, 0.3) is 0 Å². The lowest BCUT2D eigenvalue weighted by Crippen LogP contribution is -2.02. The third kappa shape index (κ3) is 5.65. The third-order valence-corrected chi connectivity index (χ3v) is 11.7. The minimum Gasteiger partial charge on any atom is -0.309 e. The quantitative estimate of drug-likeness (QED) is 0.176. The van der Waals surface area contributed by atoms with Crippen molar-refractivity contribution in [1.29, 1.82) is 0 Å². The van der Waals surface area contributed by atoms with Gasteiger partial charge in [-0.05, 0) is 103 Å². The van der Waals surface area contributed by atoms with Crippen molar-refractivity contribution in [1.82, 2.24) is 19.5 Å². The molecule has 0 atom stereocenters. The minimum absolute atomic E-state index is 0.620. The molecule has 2 aromatic heterocycles. The largest absolute Gasteiger partial charge is 0.309 e. The Morgan fingerprint density at radius 1 is 0.271 bits per heavy atom. The Morgan fingerprint density at radius 2 is 0.644 bits per heavy atom. The number of fused-ring (bicyclic) bond motifs is 7. The van der Waals surface area contributed by atoms with E-state index in [0.717, 1.165) is 55.3 Å². The molecule has 0 aliphatic rings. The van der Waals surface area contributed by atoms with Crippen LogP contribution in [0, 0.1) is 0 Å². The van der Waals surface area contributed by atoms with E-state index in [1.807, 2.05) is 0 Å². The molecule has 0 saturated carbocycles. The standard InChI is InChI=1S/C55H34N4/c1-2-14-37(15-3-1)47-32-46(26-27-50(47)59-51-33-42-20-10-8-18-40(42)30-48(51)49-31-41-19-9-11-21-43(41)34-52(49)59)55-57-53(44-24-22-35-12-4-6-16-38(35)28-44)56-54(58-55)45-25-23-36-13-5-7-17-39(36)29-45/h1-34H. The Bertz CT molecular complexity index is 3430. The molecule has 4 nitrogen and oxygen atoms in total. The van der Waals surface area contributed by atoms with E-state index in [1.54, 1.807) is 0 Å². The molecular weight excluding hydrogens is 717 g/mol. The summed E-state index contributed by atoms with van der Waals surface area (Å²) in [6.07, 6.45) is 0. The molecule has 0 spiro atoms. The summed E-state index contributed by atoms with van der Waals surface area (Å²) in [5.74, 6) is 1.89. The third-order valence-electron chi connectivity index (χ3n) is 11.7. The van der Waals surface area contributed by atoms with Gasteiger partial charge in [-0.15, -0.1) is 0 Å². The predicted octanol–water partition coefficient (Wildman–Crippen LogP) is 14.2. The Morgan fingerprint density at radius 3 is 1.12 bits per heavy atom. The molecule has 0 N–H and O–H groups in total. The molecule has 12 rings (SSSR count). The number of aromatic nitrogens is 4. The molecule has 0 bridgehead atoms. The second-order valence-electron chi connectivity index (χ2n) is 15.3. The van der Waals surface area contributed by atoms with Gasteiger partial charge in [0.05, 0.1) is 16.7 Å². The summed E-state index contributed by atoms with van der Waals surface area (Å²) in [4.78, 5) is 15.6. The van der Waals surface area contributed by atoms with E-state index in [0.29, 0.717) is 17.5 Å². The van der Waals surface area contributed by atoms with E-state index < -0.39 is 0 Å². The van der Waals surface area contributed by atoms with Gasteiger partial charge in [-0.1, -0.05) is 152 Å². The Labute approximate surface area is 340 Å². The molecule has 0 amide bonds. The molecule has 10 aromatic carbocycles. The highest BCUT2D eigenvalue weighted by molar-refractivity contribution is 6.17. The zero-order chi connectivity index (χ0) is 38.9. The highest BCUT2D eigenvalue weighted by Gasteiger charge is 2.20. The zero-order valence-corrected chi connectivity index (χ0v) is 31.9. The summed E-state index contributed by atoms with van der Waals surface area (Å²) >= 11 is 0. The first-order valence-electron chi connectivity index (χ1n) is 20.0. The second kappa shape index (κ2) is 13.3. The molecule has 12 aromatic rings. The van der Waals surface area contributed by atoms with Crippen LogP contribution >= 0.6 is 0 Å². The van der Waals surface area contributed by atoms with Gasteiger partial charge >= 0.3 is 0 Å². The summed E-state index contributed by atoms with van der Waals surface area (Å²) in [6, 6.07) is 73.7. The lowest BCUT2D eigenvalue weighted by atomic mass is 9.99. The highest BCUT2D eigenvalue weighted by Crippen LogP contribution is 2.41. The van der Waals surface area contributed by atoms with Crippen molar-refractivity contribution in [3.63, 3.8) is 0 Å². The number of benzene rings is 10. The summed E-state index contributed by atoms with van der Waals surface area (Å²) in [5, 5.41) is 12.0. The van der Waals surface area contributed by atoms with Gasteiger partial charge in [-0.25, -0.2) is 15.0 Å². The van der Waals surface area contributed by atoms with Crippen LogP contribution in [0.25, 0.3) is 116 Å². The second-order valence-corrected chi connectivity index (χ2v) is 15.3. The molecule has 0 aliphatic heterocycles. The van der Waals surface area contributed by atoms with Crippen molar-refractivity contribution in [3.8, 4) is 51.0 Å². The maximum Gasteiger partial charge on any atom is 0.164 e. The van der Waals surface area contributed by atoms with Crippen LogP contribution < -0.4 is 0 Å². The Balaban J connectivity index is 1.12. The first-order chi connectivity index (χ1) is 29.2. The van der Waals surface area contributed by atoms with Crippen LogP contribution in [0.3, 0.4) is 0 Å². The van der Waals surface area contributed by atoms with Crippen LogP contribution in [0.1, 0.15) is 0 Å². The zero-order valence-electron chi connectivity index (χ0n) is 31.9. The lowest BCUT2D eigenvalue weighted by Gasteiger charge is -2.16. The summed E-state index contributed by atoms with van der Waals surface area (Å²) in [6.45, 7) is 0. The van der Waals surface area contributed by atoms with Crippen LogP contribution in [-0.4, -0.2) is 19.5 Å². The molecule has 0 radical (unpaired) electrons. The molecule has 59 heavy (non-hydrogen) atoms. The van der Waals surface area contributed by atoms with Crippen LogP contribution in [0.2, 0.25) is 0 Å². The average molecular weight is 751 g/mol. The van der Waals surface area contributed by atoms with Crippen molar-refractivity contribution in [2.75, 3.05) is 0 Å². The van der Waals surface area contributed by atoms with Crippen LogP contribution in [0.5, 0.6) is 0 Å². The van der Waals surface area contributed by atoms with Gasteiger partial charge < -0.3 is 4.57 Å². The fourth-order valence-electron chi connectivity index (χ4n) is 8.79. The van der Waals surface area contributed by atoms with E-state index >= 15 is 0 Å². The van der Waals surface area contributed by atoms with E-state index in [1.165, 1.54) is 43.1 Å². The molecule has 0 fully saturated rings. The summed E-state index contributed by atoms with van der Waals surface area (Å²) in [7, 11) is 0. The molecule has 2 heterocycles. The summed E-state index contributed by atoms with van der Waals surface area (Å²) in [5.41, 5.74) is 8.41. The number of rotatable bonds is 5. The molecule has 4 heteroatoms. The molecular formula is C55H34N4. The first-order valence-corrected chi connectivity index (χ1v) is 20.0. The van der Waals surface area contributed by atoms with E-state index in [9.17, 15) is 0 Å². The van der Waals surface area contributed by atoms with Crippen molar-refractivity contribution < 1.29 is 0 Å². The maximum atomic E-state index is 5.23. The smallest absolute Gasteiger partial charge is 0.164 e. The summed E-state index contributed by atoms with van der Waals surface area (Å²) < 4.78 is 2.45. The maximum absolute atomic E-state index is 5.23. The van der Waals surface area contributed by atoms with E-state index in [2.05, 4.69) is 211 Å². The predicted molar refractivity (Wildman–Crippen MR) is 246 cm³/mol. The van der Waals surface area contributed by atoms with E-state index in [-0.39, 0.29) is 0 Å². The van der Waals surface area contributed by atoms with Crippen LogP contribution in [0.4, 0.5) is 0 Å². The molecule has 0 saturated heterocycles. The fourth-order valence-corrected chi connectivity index (χ4v) is 8.79. The van der Waals surface area contributed by atoms with E-state index in [4.69, 9.17) is 15.0 Å². The van der Waals surface area contributed by atoms with Crippen molar-refractivity contribution in [2.45, 2.75) is 0 Å². The van der Waals surface area contributed by atoms with Gasteiger partial charge in [0.1, 0.15) is 0 Å². The minimum atomic E-state index is 0.620. The first kappa shape index (κ1) is 33.2. The average Bonchev–Trinajstić information content (AvgIpc) is 3.60. The molecule has 0 unspecified atom stereocenters. The Kier molecular flexibility index (Phi) is 7.50. The number of hydrogen-bond donors (Lipinski definition) is 0. The van der Waals surface area contributed by atoms with Gasteiger partial charge in [-0.3, -0.25) is 0 Å². The van der Waals surface area contributed by atoms with Crippen molar-refractivity contribution in [2.24, 2.45) is 0 Å². The number of nitrogens with zero attached hydrogens (tertiary/aromatic N) is 4. The Hall–Kier alpha value is -7.95.